The first kappa shape index (κ1) is 31.2. The molecule has 0 radical (unpaired) electrons. The van der Waals surface area contributed by atoms with Crippen LogP contribution >= 0.6 is 40.7 Å². The van der Waals surface area contributed by atoms with E-state index >= 15 is 0 Å². The number of rotatable bonds is 10. The summed E-state index contributed by atoms with van der Waals surface area (Å²) < 4.78 is 0.908. The normalized spacial score (nSPS) is 12.4. The molecule has 0 saturated carbocycles. The van der Waals surface area contributed by atoms with E-state index in [1.807, 2.05) is 47.2 Å². The van der Waals surface area contributed by atoms with Crippen molar-refractivity contribution in [1.82, 2.24) is 20.7 Å². The Morgan fingerprint density at radius 1 is 1.03 bits per heavy atom. The Labute approximate surface area is 229 Å². The van der Waals surface area contributed by atoms with Gasteiger partial charge in [0.15, 0.2) is 0 Å². The van der Waals surface area contributed by atoms with E-state index in [0.29, 0.717) is 32.2 Å². The number of carbonyl (C=O) groups is 2. The van der Waals surface area contributed by atoms with Gasteiger partial charge in [-0.05, 0) is 35.7 Å². The van der Waals surface area contributed by atoms with Crippen LogP contribution in [0.25, 0.3) is 0 Å². The van der Waals surface area contributed by atoms with Crippen molar-refractivity contribution in [3.05, 3.63) is 63.6 Å². The third-order valence-corrected chi connectivity index (χ3v) is 6.27. The van der Waals surface area contributed by atoms with Crippen molar-refractivity contribution in [1.29, 1.82) is 0 Å². The zero-order valence-corrected chi connectivity index (χ0v) is 23.9. The molecule has 2 aromatic rings. The third kappa shape index (κ3) is 8.95. The lowest BCUT2D eigenvalue weighted by Gasteiger charge is -2.32. The van der Waals surface area contributed by atoms with Gasteiger partial charge in [-0.2, -0.15) is 0 Å². The summed E-state index contributed by atoms with van der Waals surface area (Å²) in [5.74, 6) is -0.166. The number of hydrazine groups is 1. The van der Waals surface area contributed by atoms with Crippen LogP contribution in [0.4, 0.5) is 5.69 Å². The summed E-state index contributed by atoms with van der Waals surface area (Å²) >= 11 is 3.52. The van der Waals surface area contributed by atoms with Gasteiger partial charge in [0.1, 0.15) is 0 Å². The first-order valence-electron chi connectivity index (χ1n) is 11.3. The summed E-state index contributed by atoms with van der Waals surface area (Å²) in [5.41, 5.74) is 4.36. The molecule has 2 amide bonds. The summed E-state index contributed by atoms with van der Waals surface area (Å²) in [4.78, 5) is 27.8. The number of hydrogen-bond acceptors (Lipinski definition) is 5. The van der Waals surface area contributed by atoms with Gasteiger partial charge in [-0.25, -0.2) is 5.01 Å². The van der Waals surface area contributed by atoms with Crippen LogP contribution < -0.4 is 15.5 Å². The van der Waals surface area contributed by atoms with Gasteiger partial charge in [0.25, 0.3) is 5.91 Å². The fraction of sp³-hybridized carbons (Fsp3) is 0.440. The molecule has 0 spiro atoms. The van der Waals surface area contributed by atoms with Crippen molar-refractivity contribution in [2.75, 3.05) is 38.1 Å². The molecule has 194 valence electrons. The predicted octanol–water partition coefficient (Wildman–Crippen LogP) is 3.91. The summed E-state index contributed by atoms with van der Waals surface area (Å²) in [6.07, 6.45) is 0. The quantitative estimate of drug-likeness (QED) is 0.412. The Hall–Kier alpha value is -1.84. The summed E-state index contributed by atoms with van der Waals surface area (Å²) in [6, 6.07) is 14.5. The Morgan fingerprint density at radius 2 is 1.66 bits per heavy atom. The highest BCUT2D eigenvalue weighted by molar-refractivity contribution is 9.10. The number of aryl methyl sites for hydroxylation is 1. The fourth-order valence-corrected chi connectivity index (χ4v) is 4.24. The highest BCUT2D eigenvalue weighted by Crippen LogP contribution is 2.26. The van der Waals surface area contributed by atoms with Gasteiger partial charge in [-0.1, -0.05) is 60.1 Å². The fourth-order valence-electron chi connectivity index (χ4n) is 3.89. The Morgan fingerprint density at radius 3 is 2.26 bits per heavy atom. The number of hydrogen-bond donors (Lipinski definition) is 2. The Kier molecular flexibility index (Phi) is 13.1. The molecule has 0 bridgehead atoms. The molecule has 0 aromatic heterocycles. The van der Waals surface area contributed by atoms with Crippen molar-refractivity contribution in [2.45, 2.75) is 39.9 Å². The molecular weight excluding hydrogens is 553 g/mol. The number of benzene rings is 2. The molecule has 1 aliphatic rings. The number of likely N-dealkylation sites (N-methyl/N-ethyl adjacent to an activating group) is 1. The highest BCUT2D eigenvalue weighted by atomic mass is 79.9. The first-order chi connectivity index (χ1) is 15.7. The molecule has 0 saturated heterocycles. The highest BCUT2D eigenvalue weighted by Gasteiger charge is 2.27. The smallest absolute Gasteiger partial charge is 0.256 e. The van der Waals surface area contributed by atoms with Gasteiger partial charge >= 0.3 is 0 Å². The third-order valence-electron chi connectivity index (χ3n) is 5.78. The summed E-state index contributed by atoms with van der Waals surface area (Å²) in [6.45, 7) is 9.01. The Bertz CT molecular complexity index is 967. The van der Waals surface area contributed by atoms with Gasteiger partial charge < -0.3 is 15.5 Å². The largest absolute Gasteiger partial charge is 0.353 e. The molecule has 10 heteroatoms. The van der Waals surface area contributed by atoms with Gasteiger partial charge in [0.2, 0.25) is 5.91 Å². The van der Waals surface area contributed by atoms with Gasteiger partial charge in [-0.3, -0.25) is 14.6 Å². The number of halogens is 3. The maximum atomic E-state index is 13.3. The van der Waals surface area contributed by atoms with Crippen molar-refractivity contribution in [2.24, 2.45) is 0 Å². The number of amides is 2. The molecule has 0 fully saturated rings. The lowest BCUT2D eigenvalue weighted by Crippen LogP contribution is -2.48. The predicted molar refractivity (Wildman–Crippen MR) is 150 cm³/mol. The molecule has 1 aliphatic heterocycles. The van der Waals surface area contributed by atoms with Crippen LogP contribution in [0, 0.1) is 6.92 Å². The van der Waals surface area contributed by atoms with E-state index in [0.717, 1.165) is 15.7 Å². The van der Waals surface area contributed by atoms with E-state index in [2.05, 4.69) is 52.5 Å². The van der Waals surface area contributed by atoms with Crippen molar-refractivity contribution >= 4 is 58.2 Å². The maximum Gasteiger partial charge on any atom is 0.256 e. The van der Waals surface area contributed by atoms with Gasteiger partial charge in [-0.15, -0.1) is 24.8 Å². The maximum absolute atomic E-state index is 13.3. The van der Waals surface area contributed by atoms with Crippen LogP contribution in [-0.2, 0) is 22.7 Å². The lowest BCUT2D eigenvalue weighted by atomic mass is 10.1. The summed E-state index contributed by atoms with van der Waals surface area (Å²) in [5, 5.41) is 9.96. The zero-order chi connectivity index (χ0) is 24.0. The second-order valence-corrected chi connectivity index (χ2v) is 9.67. The average Bonchev–Trinajstić information content (AvgIpc) is 3.21. The van der Waals surface area contributed by atoms with Crippen LogP contribution in [0.5, 0.6) is 0 Å². The number of fused-ring (bicyclic) bond motifs is 1. The van der Waals surface area contributed by atoms with Gasteiger partial charge in [0.05, 0.1) is 13.1 Å². The van der Waals surface area contributed by atoms with E-state index in [4.69, 9.17) is 0 Å². The zero-order valence-electron chi connectivity index (χ0n) is 20.7. The van der Waals surface area contributed by atoms with E-state index in [-0.39, 0.29) is 49.7 Å². The molecule has 35 heavy (non-hydrogen) atoms. The van der Waals surface area contributed by atoms with E-state index in [1.54, 1.807) is 12.1 Å². The molecule has 0 atom stereocenters. The molecule has 0 aliphatic carbocycles. The van der Waals surface area contributed by atoms with E-state index in [1.165, 1.54) is 11.1 Å². The van der Waals surface area contributed by atoms with Gasteiger partial charge in [0, 0.05) is 49.4 Å². The van der Waals surface area contributed by atoms with Crippen molar-refractivity contribution in [3.8, 4) is 0 Å². The second-order valence-electron chi connectivity index (χ2n) is 8.75. The molecular formula is C25H36BrCl2N5O2. The molecule has 1 heterocycles. The van der Waals surface area contributed by atoms with E-state index in [9.17, 15) is 9.59 Å². The van der Waals surface area contributed by atoms with Crippen molar-refractivity contribution in [3.63, 3.8) is 0 Å². The monoisotopic (exact) mass is 587 g/mol. The van der Waals surface area contributed by atoms with E-state index < -0.39 is 0 Å². The van der Waals surface area contributed by atoms with Crippen molar-refractivity contribution < 1.29 is 9.59 Å². The first-order valence-corrected chi connectivity index (χ1v) is 12.1. The van der Waals surface area contributed by atoms with Crippen LogP contribution in [0.15, 0.2) is 46.9 Å². The molecule has 2 N–H and O–H groups in total. The minimum atomic E-state index is -0.107. The number of nitrogens with one attached hydrogen (secondary N) is 2. The standard InChI is InChI=1S/C25H34BrN5O2.2ClH/c1-18(2)27-11-12-28-24(32)16-30(23-13-22(26)10-9-19(23)3)17-25(33)29(4)31-14-20-7-5-6-8-21(20)15-31;;/h5-10,13,18,27H,11-12,14-17H2,1-4H3,(H,28,32);2*1H. The average molecular weight is 589 g/mol. The minimum Gasteiger partial charge on any atom is -0.353 e. The van der Waals surface area contributed by atoms with Crippen LogP contribution in [0.1, 0.15) is 30.5 Å². The molecule has 2 aromatic carbocycles. The second kappa shape index (κ2) is 14.7. The minimum absolute atomic E-state index is 0. The number of anilines is 1. The SMILES string of the molecule is Cc1ccc(Br)cc1N(CC(=O)NCCNC(C)C)CC(=O)N(C)N1Cc2ccccc2C1.Cl.Cl. The summed E-state index contributed by atoms with van der Waals surface area (Å²) in [7, 11) is 1.80. The molecule has 0 unspecified atom stereocenters. The van der Waals surface area contributed by atoms with Crippen LogP contribution in [0.3, 0.4) is 0 Å². The number of nitrogens with zero attached hydrogens (tertiary/aromatic N) is 3. The number of carbonyl (C=O) groups excluding carboxylic acids is 2. The van der Waals surface area contributed by atoms with Crippen LogP contribution in [-0.4, -0.2) is 61.1 Å². The van der Waals surface area contributed by atoms with Crippen LogP contribution in [0.2, 0.25) is 0 Å². The lowest BCUT2D eigenvalue weighted by molar-refractivity contribution is -0.145. The topological polar surface area (TPSA) is 67.9 Å². The molecule has 7 nitrogen and oxygen atoms in total. The molecule has 3 rings (SSSR count). The Balaban J connectivity index is 0.00000306.